The fourth-order valence-electron chi connectivity index (χ4n) is 3.07. The maximum absolute atomic E-state index is 9.55. The summed E-state index contributed by atoms with van der Waals surface area (Å²) in [4.78, 5) is 8.06. The van der Waals surface area contributed by atoms with Gasteiger partial charge in [0, 0.05) is 0 Å². The summed E-state index contributed by atoms with van der Waals surface area (Å²) >= 11 is 0. The number of nitrogen functional groups attached to an aromatic ring is 2. The molecular weight excluding hydrogens is 373 g/mol. The number of hydrogen-bond acceptors (Lipinski definition) is 9. The second-order valence-corrected chi connectivity index (χ2v) is 7.69. The molecule has 1 aromatic carbocycles. The van der Waals surface area contributed by atoms with Crippen LogP contribution in [0.4, 0.5) is 11.8 Å². The first-order valence-electron chi connectivity index (χ1n) is 8.99. The van der Waals surface area contributed by atoms with Crippen LogP contribution in [0, 0.1) is 11.3 Å². The van der Waals surface area contributed by atoms with Gasteiger partial charge in [-0.1, -0.05) is 0 Å². The first-order chi connectivity index (χ1) is 13.5. The van der Waals surface area contributed by atoms with E-state index in [9.17, 15) is 5.26 Å². The minimum absolute atomic E-state index is 0.0193. The lowest BCUT2D eigenvalue weighted by molar-refractivity contribution is 0.00578. The summed E-state index contributed by atoms with van der Waals surface area (Å²) in [6.07, 6.45) is 0. The van der Waals surface area contributed by atoms with Gasteiger partial charge in [0.2, 0.25) is 5.95 Å². The van der Waals surface area contributed by atoms with Crippen molar-refractivity contribution in [3.05, 3.63) is 17.7 Å². The number of rotatable bonds is 4. The topological polar surface area (TPSA) is 139 Å². The van der Waals surface area contributed by atoms with Gasteiger partial charge < -0.3 is 30.2 Å². The van der Waals surface area contributed by atoms with Crippen LogP contribution in [-0.2, 0) is 9.31 Å². The molecule has 2 aromatic rings. The van der Waals surface area contributed by atoms with Crippen molar-refractivity contribution in [2.45, 2.75) is 38.9 Å². The highest BCUT2D eigenvalue weighted by atomic mass is 16.7. The third kappa shape index (κ3) is 3.43. The molecule has 1 aromatic heterocycles. The van der Waals surface area contributed by atoms with Gasteiger partial charge in [-0.25, -0.2) is 4.98 Å². The molecule has 9 nitrogen and oxygen atoms in total. The second-order valence-electron chi connectivity index (χ2n) is 7.69. The third-order valence-electron chi connectivity index (χ3n) is 5.36. The van der Waals surface area contributed by atoms with Crippen molar-refractivity contribution in [1.82, 2.24) is 9.97 Å². The van der Waals surface area contributed by atoms with Crippen LogP contribution < -0.4 is 26.4 Å². The monoisotopic (exact) mass is 397 g/mol. The van der Waals surface area contributed by atoms with E-state index in [0.29, 0.717) is 22.5 Å². The molecule has 1 aliphatic rings. The fraction of sp³-hybridized carbons (Fsp3) is 0.421. The van der Waals surface area contributed by atoms with Gasteiger partial charge in [0.25, 0.3) is 0 Å². The Bertz CT molecular complexity index is 962. The van der Waals surface area contributed by atoms with Crippen LogP contribution in [0.15, 0.2) is 12.1 Å². The van der Waals surface area contributed by atoms with E-state index < -0.39 is 18.3 Å². The van der Waals surface area contributed by atoms with Crippen LogP contribution in [0.3, 0.4) is 0 Å². The number of aromatic nitrogens is 2. The standard InChI is InChI=1S/C19H24BN5O4/c1-18(2)19(3,4)29-20(28-18)10-7-12(26-5)14(13(8-10)27-6)15-11(9-21)16(22)25-17(23)24-15/h7-8H,1-6H3,(H4,22,23,24,25). The number of methoxy groups -OCH3 is 2. The van der Waals surface area contributed by atoms with E-state index in [0.717, 1.165) is 0 Å². The summed E-state index contributed by atoms with van der Waals surface area (Å²) in [6.45, 7) is 7.89. The molecule has 2 heterocycles. The lowest BCUT2D eigenvalue weighted by Crippen LogP contribution is -2.41. The Morgan fingerprint density at radius 3 is 1.97 bits per heavy atom. The van der Waals surface area contributed by atoms with E-state index in [-0.39, 0.29) is 23.0 Å². The Balaban J connectivity index is 2.20. The summed E-state index contributed by atoms with van der Waals surface area (Å²) in [7, 11) is 2.39. The molecule has 0 unspecified atom stereocenters. The van der Waals surface area contributed by atoms with E-state index in [1.807, 2.05) is 33.8 Å². The Labute approximate surface area is 170 Å². The van der Waals surface area contributed by atoms with Gasteiger partial charge in [0.05, 0.1) is 31.0 Å². The van der Waals surface area contributed by atoms with Gasteiger partial charge in [-0.2, -0.15) is 10.2 Å². The number of hydrogen-bond donors (Lipinski definition) is 2. The molecule has 4 N–H and O–H groups in total. The van der Waals surface area contributed by atoms with Gasteiger partial charge in [-0.05, 0) is 45.3 Å². The molecule has 0 spiro atoms. The van der Waals surface area contributed by atoms with E-state index in [1.54, 1.807) is 12.1 Å². The van der Waals surface area contributed by atoms with Crippen molar-refractivity contribution in [1.29, 1.82) is 5.26 Å². The number of ether oxygens (including phenoxy) is 2. The average Bonchev–Trinajstić information content (AvgIpc) is 2.87. The van der Waals surface area contributed by atoms with Crippen LogP contribution >= 0.6 is 0 Å². The van der Waals surface area contributed by atoms with Gasteiger partial charge in [0.1, 0.15) is 34.6 Å². The summed E-state index contributed by atoms with van der Waals surface area (Å²) in [5, 5.41) is 9.55. The first kappa shape index (κ1) is 20.7. The average molecular weight is 397 g/mol. The van der Waals surface area contributed by atoms with E-state index in [4.69, 9.17) is 30.2 Å². The molecule has 0 aliphatic carbocycles. The van der Waals surface area contributed by atoms with Crippen LogP contribution in [0.1, 0.15) is 33.3 Å². The third-order valence-corrected chi connectivity index (χ3v) is 5.36. The largest absolute Gasteiger partial charge is 0.496 e. The van der Waals surface area contributed by atoms with E-state index in [2.05, 4.69) is 9.97 Å². The van der Waals surface area contributed by atoms with Crippen molar-refractivity contribution in [3.8, 4) is 28.8 Å². The minimum Gasteiger partial charge on any atom is -0.496 e. The smallest absolute Gasteiger partial charge is 0.495 e. The predicted molar refractivity (Wildman–Crippen MR) is 110 cm³/mol. The number of benzene rings is 1. The van der Waals surface area contributed by atoms with Crippen molar-refractivity contribution in [2.75, 3.05) is 25.7 Å². The van der Waals surface area contributed by atoms with Crippen LogP contribution in [-0.4, -0.2) is 42.5 Å². The maximum Gasteiger partial charge on any atom is 0.495 e. The molecular formula is C19H24BN5O4. The zero-order valence-electron chi connectivity index (χ0n) is 17.4. The Hall–Kier alpha value is -3.03. The maximum atomic E-state index is 9.55. The molecule has 152 valence electrons. The van der Waals surface area contributed by atoms with E-state index >= 15 is 0 Å². The molecule has 0 amide bonds. The minimum atomic E-state index is -0.618. The van der Waals surface area contributed by atoms with Crippen LogP contribution in [0.5, 0.6) is 11.5 Å². The van der Waals surface area contributed by atoms with Crippen molar-refractivity contribution >= 4 is 24.3 Å². The molecule has 1 fully saturated rings. The lowest BCUT2D eigenvalue weighted by atomic mass is 9.78. The quantitative estimate of drug-likeness (QED) is 0.735. The van der Waals surface area contributed by atoms with Crippen LogP contribution in [0.25, 0.3) is 11.3 Å². The summed E-state index contributed by atoms with van der Waals surface area (Å²) in [6, 6.07) is 5.54. The molecule has 10 heteroatoms. The molecule has 3 rings (SSSR count). The van der Waals surface area contributed by atoms with Gasteiger partial charge in [0.15, 0.2) is 0 Å². The zero-order chi connectivity index (χ0) is 21.6. The van der Waals surface area contributed by atoms with Crippen molar-refractivity contribution in [2.24, 2.45) is 0 Å². The fourth-order valence-corrected chi connectivity index (χ4v) is 3.07. The molecule has 0 atom stereocenters. The summed E-state index contributed by atoms with van der Waals surface area (Å²) in [5.74, 6) is 0.732. The predicted octanol–water partition coefficient (Wildman–Crippen LogP) is 1.50. The highest BCUT2D eigenvalue weighted by Gasteiger charge is 2.52. The Morgan fingerprint density at radius 1 is 1.00 bits per heavy atom. The number of anilines is 2. The zero-order valence-corrected chi connectivity index (χ0v) is 17.4. The summed E-state index contributed by atoms with van der Waals surface area (Å²) < 4.78 is 23.4. The number of nitriles is 1. The summed E-state index contributed by atoms with van der Waals surface area (Å²) in [5.41, 5.74) is 12.1. The lowest BCUT2D eigenvalue weighted by Gasteiger charge is -2.32. The van der Waals surface area contributed by atoms with Gasteiger partial charge >= 0.3 is 7.12 Å². The molecule has 29 heavy (non-hydrogen) atoms. The Morgan fingerprint density at radius 2 is 1.52 bits per heavy atom. The molecule has 1 saturated heterocycles. The normalized spacial score (nSPS) is 17.1. The highest BCUT2D eigenvalue weighted by molar-refractivity contribution is 6.62. The molecule has 0 radical (unpaired) electrons. The van der Waals surface area contributed by atoms with Crippen molar-refractivity contribution in [3.63, 3.8) is 0 Å². The second kappa shape index (κ2) is 7.10. The van der Waals surface area contributed by atoms with Gasteiger partial charge in [-0.3, -0.25) is 0 Å². The first-order valence-corrected chi connectivity index (χ1v) is 8.99. The van der Waals surface area contributed by atoms with Crippen molar-refractivity contribution < 1.29 is 18.8 Å². The number of nitrogens with two attached hydrogens (primary N) is 2. The van der Waals surface area contributed by atoms with Gasteiger partial charge in [-0.15, -0.1) is 0 Å². The molecule has 0 bridgehead atoms. The van der Waals surface area contributed by atoms with E-state index in [1.165, 1.54) is 14.2 Å². The molecule has 1 aliphatic heterocycles. The number of nitrogens with zero attached hydrogens (tertiary/aromatic N) is 3. The Kier molecular flexibility index (Phi) is 5.07. The highest BCUT2D eigenvalue weighted by Crippen LogP contribution is 2.41. The molecule has 0 saturated carbocycles. The SMILES string of the molecule is COc1cc(B2OC(C)(C)C(C)(C)O2)cc(OC)c1-c1nc(N)nc(N)c1C#N. The van der Waals surface area contributed by atoms with Crippen LogP contribution in [0.2, 0.25) is 0 Å².